The Morgan fingerprint density at radius 1 is 0.526 bits per heavy atom. The second-order valence-electron chi connectivity index (χ2n) is 12.8. The number of hydrogen-bond donors (Lipinski definition) is 2. The molecule has 276 valence electrons. The molecule has 57 heavy (non-hydrogen) atoms. The van der Waals surface area contributed by atoms with Crippen LogP contribution in [0, 0.1) is 0 Å². The van der Waals surface area contributed by atoms with Crippen molar-refractivity contribution in [1.82, 2.24) is 34.9 Å². The highest BCUT2D eigenvalue weighted by Crippen LogP contribution is 2.35. The fourth-order valence-electron chi connectivity index (χ4n) is 6.44. The Morgan fingerprint density at radius 3 is 1.61 bits per heavy atom. The van der Waals surface area contributed by atoms with Crippen molar-refractivity contribution in [1.29, 1.82) is 0 Å². The molecule has 0 bridgehead atoms. The number of fused-ring (bicyclic) bond motifs is 2. The zero-order valence-electron chi connectivity index (χ0n) is 30.5. The highest BCUT2D eigenvalue weighted by molar-refractivity contribution is 6.29. The molecule has 9 rings (SSSR count). The van der Waals surface area contributed by atoms with E-state index in [-0.39, 0.29) is 5.28 Å². The van der Waals surface area contributed by atoms with Gasteiger partial charge in [-0.2, -0.15) is 0 Å². The van der Waals surface area contributed by atoms with Gasteiger partial charge in [-0.25, -0.2) is 19.9 Å². The van der Waals surface area contributed by atoms with E-state index in [0.717, 1.165) is 61.7 Å². The molecule has 0 amide bonds. The second-order valence-corrected chi connectivity index (χ2v) is 13.2. The summed E-state index contributed by atoms with van der Waals surface area (Å²) in [4.78, 5) is 42.6. The van der Waals surface area contributed by atoms with Crippen molar-refractivity contribution in [3.63, 3.8) is 0 Å². The van der Waals surface area contributed by atoms with Gasteiger partial charge in [0, 0.05) is 35.9 Å². The van der Waals surface area contributed by atoms with Gasteiger partial charge in [0.15, 0.2) is 12.1 Å². The van der Waals surface area contributed by atoms with Crippen molar-refractivity contribution in [2.75, 3.05) is 10.6 Å². The summed E-state index contributed by atoms with van der Waals surface area (Å²) >= 11 is 6.13. The molecule has 0 saturated heterocycles. The van der Waals surface area contributed by atoms with Crippen LogP contribution >= 0.6 is 11.6 Å². The van der Waals surface area contributed by atoms with E-state index in [0.29, 0.717) is 41.7 Å². The number of carbonyl (C=O) groups is 1. The Labute approximate surface area is 333 Å². The molecule has 0 aliphatic heterocycles. The van der Waals surface area contributed by atoms with E-state index in [4.69, 9.17) is 21.6 Å². The van der Waals surface area contributed by atoms with E-state index in [1.807, 2.05) is 97.1 Å². The van der Waals surface area contributed by atoms with Crippen LogP contribution in [0.25, 0.3) is 55.4 Å². The van der Waals surface area contributed by atoms with Crippen molar-refractivity contribution >= 4 is 51.3 Å². The van der Waals surface area contributed by atoms with Crippen molar-refractivity contribution in [3.05, 3.63) is 187 Å². The molecule has 2 N–H and O–H groups in total. The largest absolute Gasteiger partial charge is 0.364 e. The lowest BCUT2D eigenvalue weighted by molar-refractivity contribution is 0.112. The van der Waals surface area contributed by atoms with Crippen LogP contribution in [-0.2, 0) is 13.1 Å². The molecule has 0 fully saturated rings. The first-order valence-corrected chi connectivity index (χ1v) is 18.6. The molecule has 0 unspecified atom stereocenters. The molecule has 0 aliphatic rings. The number of nitrogens with one attached hydrogen (secondary N) is 2. The summed E-state index contributed by atoms with van der Waals surface area (Å²) in [6, 6.07) is 45.8. The molecule has 0 radical (unpaired) electrons. The van der Waals surface area contributed by atoms with E-state index in [1.54, 1.807) is 24.7 Å². The monoisotopic (exact) mass is 763 g/mol. The standard InChI is InChI=1S/C26H19N5O.C20H15ClN4/c32-17-18-13-20(15-27-14-18)25-30-23-11-6-10-22(19-7-2-1-3-8-19)24(23)26(31-25)29-16-21-9-4-5-12-28-21;21-20-24-17-11-6-10-16(14-7-2-1-3-8-14)18(17)19(25-20)23-13-15-9-4-5-12-22-15/h1-15,17H,16H2,(H,29,30,31);1-12H,13H2,(H,23,24,25). The van der Waals surface area contributed by atoms with Gasteiger partial charge in [-0.3, -0.25) is 19.7 Å². The summed E-state index contributed by atoms with van der Waals surface area (Å²) in [5, 5.41) is 8.91. The Kier molecular flexibility index (Phi) is 11.1. The minimum absolute atomic E-state index is 0.223. The summed E-state index contributed by atoms with van der Waals surface area (Å²) in [6.07, 6.45) is 7.50. The SMILES string of the molecule is Clc1nc(NCc2ccccn2)c2c(-c3ccccc3)cccc2n1.O=Cc1cncc(-c2nc(NCc3ccccn3)c3c(-c4ccccc4)cccc3n2)c1. The lowest BCUT2D eigenvalue weighted by atomic mass is 10.0. The Hall–Kier alpha value is -7.43. The van der Waals surface area contributed by atoms with E-state index >= 15 is 0 Å². The third kappa shape index (κ3) is 8.62. The van der Waals surface area contributed by atoms with Gasteiger partial charge in [0.2, 0.25) is 5.28 Å². The van der Waals surface area contributed by atoms with Gasteiger partial charge in [-0.15, -0.1) is 0 Å². The maximum Gasteiger partial charge on any atom is 0.224 e. The molecule has 4 aromatic carbocycles. The average molecular weight is 764 g/mol. The first-order chi connectivity index (χ1) is 28.1. The molecule has 0 atom stereocenters. The van der Waals surface area contributed by atoms with E-state index < -0.39 is 0 Å². The summed E-state index contributed by atoms with van der Waals surface area (Å²) < 4.78 is 0. The number of carbonyl (C=O) groups excluding carboxylic acids is 1. The van der Waals surface area contributed by atoms with Gasteiger partial charge in [0.25, 0.3) is 0 Å². The van der Waals surface area contributed by atoms with Crippen molar-refractivity contribution in [2.45, 2.75) is 13.1 Å². The number of anilines is 2. The lowest BCUT2D eigenvalue weighted by Gasteiger charge is -2.14. The maximum atomic E-state index is 11.2. The zero-order valence-corrected chi connectivity index (χ0v) is 31.3. The molecule has 5 heterocycles. The van der Waals surface area contributed by atoms with Gasteiger partial charge in [0.1, 0.15) is 11.6 Å². The molecule has 11 heteroatoms. The topological polar surface area (TPSA) is 131 Å². The third-order valence-corrected chi connectivity index (χ3v) is 9.24. The smallest absolute Gasteiger partial charge is 0.224 e. The minimum atomic E-state index is 0.223. The Morgan fingerprint density at radius 2 is 1.07 bits per heavy atom. The maximum absolute atomic E-state index is 11.2. The van der Waals surface area contributed by atoms with Crippen LogP contribution in [0.15, 0.2) is 164 Å². The fraction of sp³-hybridized carbons (Fsp3) is 0.0435. The highest BCUT2D eigenvalue weighted by Gasteiger charge is 2.16. The lowest BCUT2D eigenvalue weighted by Crippen LogP contribution is -2.06. The van der Waals surface area contributed by atoms with Crippen LogP contribution in [0.3, 0.4) is 0 Å². The molecular formula is C46H34ClN9O. The summed E-state index contributed by atoms with van der Waals surface area (Å²) in [5.74, 6) is 1.91. The molecule has 5 aromatic heterocycles. The van der Waals surface area contributed by atoms with Crippen LogP contribution in [0.5, 0.6) is 0 Å². The van der Waals surface area contributed by atoms with Gasteiger partial charge >= 0.3 is 0 Å². The summed E-state index contributed by atoms with van der Waals surface area (Å²) in [6.45, 7) is 1.08. The van der Waals surface area contributed by atoms with Gasteiger partial charge in [-0.1, -0.05) is 97.1 Å². The van der Waals surface area contributed by atoms with Crippen LogP contribution in [-0.4, -0.2) is 41.2 Å². The third-order valence-electron chi connectivity index (χ3n) is 9.07. The molecule has 0 saturated carbocycles. The minimum Gasteiger partial charge on any atom is -0.364 e. The molecular weight excluding hydrogens is 730 g/mol. The average Bonchev–Trinajstić information content (AvgIpc) is 3.28. The number of nitrogens with zero attached hydrogens (tertiary/aromatic N) is 7. The van der Waals surface area contributed by atoms with E-state index in [1.165, 1.54) is 6.20 Å². The van der Waals surface area contributed by atoms with Crippen LogP contribution < -0.4 is 10.6 Å². The first kappa shape index (κ1) is 36.5. The number of rotatable bonds is 10. The van der Waals surface area contributed by atoms with Gasteiger partial charge in [0.05, 0.1) is 46.3 Å². The Bertz CT molecular complexity index is 2780. The second kappa shape index (κ2) is 17.4. The van der Waals surface area contributed by atoms with E-state index in [9.17, 15) is 4.79 Å². The molecule has 0 aliphatic carbocycles. The number of hydrogen-bond acceptors (Lipinski definition) is 10. The number of halogens is 1. The predicted molar refractivity (Wildman–Crippen MR) is 227 cm³/mol. The van der Waals surface area contributed by atoms with Crippen LogP contribution in [0.2, 0.25) is 5.28 Å². The summed E-state index contributed by atoms with van der Waals surface area (Å²) in [5.41, 5.74) is 8.91. The van der Waals surface area contributed by atoms with Gasteiger partial charge < -0.3 is 10.6 Å². The quantitative estimate of drug-likeness (QED) is 0.102. The highest BCUT2D eigenvalue weighted by atomic mass is 35.5. The van der Waals surface area contributed by atoms with Crippen molar-refractivity contribution in [3.8, 4) is 33.6 Å². The zero-order chi connectivity index (χ0) is 38.8. The van der Waals surface area contributed by atoms with Gasteiger partial charge in [-0.05, 0) is 76.3 Å². The number of pyridine rings is 3. The molecule has 10 nitrogen and oxygen atoms in total. The Balaban J connectivity index is 0.000000165. The van der Waals surface area contributed by atoms with Crippen molar-refractivity contribution < 1.29 is 4.79 Å². The number of benzene rings is 4. The number of aldehydes is 1. The molecule has 0 spiro atoms. The van der Waals surface area contributed by atoms with E-state index in [2.05, 4.69) is 72.0 Å². The first-order valence-electron chi connectivity index (χ1n) is 18.2. The fourth-order valence-corrected chi connectivity index (χ4v) is 6.61. The molecule has 9 aromatic rings. The normalized spacial score (nSPS) is 10.8. The van der Waals surface area contributed by atoms with Crippen molar-refractivity contribution in [2.24, 2.45) is 0 Å². The van der Waals surface area contributed by atoms with Crippen LogP contribution in [0.4, 0.5) is 11.6 Å². The predicted octanol–water partition coefficient (Wildman–Crippen LogP) is 10.1. The van der Waals surface area contributed by atoms with Crippen LogP contribution in [0.1, 0.15) is 21.7 Å². The summed E-state index contributed by atoms with van der Waals surface area (Å²) in [7, 11) is 0. The number of aromatic nitrogens is 7.